The van der Waals surface area contributed by atoms with E-state index in [0.29, 0.717) is 18.7 Å². The molecule has 0 saturated heterocycles. The second-order valence-corrected chi connectivity index (χ2v) is 6.16. The minimum Gasteiger partial charge on any atom is -0.394 e. The van der Waals surface area contributed by atoms with Gasteiger partial charge in [-0.2, -0.15) is 0 Å². The van der Waals surface area contributed by atoms with Gasteiger partial charge in [-0.15, -0.1) is 11.3 Å². The number of thiazole rings is 1. The van der Waals surface area contributed by atoms with Crippen LogP contribution in [0.25, 0.3) is 0 Å². The summed E-state index contributed by atoms with van der Waals surface area (Å²) in [6.45, 7) is 6.50. The minimum absolute atomic E-state index is 0.0559. The third-order valence-corrected chi connectivity index (χ3v) is 4.81. The van der Waals surface area contributed by atoms with Gasteiger partial charge in [0.2, 0.25) is 0 Å². The van der Waals surface area contributed by atoms with E-state index in [1.54, 1.807) is 10.9 Å². The SMILES string of the molecule is CCO[C@H]1C[C@](CO)(NC(=O)c2cscn2)C1(C)C. The molecule has 19 heavy (non-hydrogen) atoms. The molecule has 0 radical (unpaired) electrons. The van der Waals surface area contributed by atoms with Crippen molar-refractivity contribution < 1.29 is 14.6 Å². The van der Waals surface area contributed by atoms with E-state index < -0.39 is 5.54 Å². The summed E-state index contributed by atoms with van der Waals surface area (Å²) in [6.07, 6.45) is 0.681. The first kappa shape index (κ1) is 14.4. The Morgan fingerprint density at radius 1 is 1.68 bits per heavy atom. The lowest BCUT2D eigenvalue weighted by Gasteiger charge is -2.60. The molecule has 5 nitrogen and oxygen atoms in total. The Balaban J connectivity index is 2.11. The summed E-state index contributed by atoms with van der Waals surface area (Å²) >= 11 is 1.38. The normalized spacial score (nSPS) is 28.7. The van der Waals surface area contributed by atoms with Crippen molar-refractivity contribution in [2.75, 3.05) is 13.2 Å². The van der Waals surface area contributed by atoms with Gasteiger partial charge in [0.1, 0.15) is 5.69 Å². The summed E-state index contributed by atoms with van der Waals surface area (Å²) < 4.78 is 5.65. The Labute approximate surface area is 117 Å². The molecule has 0 spiro atoms. The number of aliphatic hydroxyl groups is 1. The number of hydrogen-bond donors (Lipinski definition) is 2. The number of amides is 1. The monoisotopic (exact) mass is 284 g/mol. The highest BCUT2D eigenvalue weighted by Gasteiger charge is 2.61. The van der Waals surface area contributed by atoms with E-state index in [2.05, 4.69) is 10.3 Å². The van der Waals surface area contributed by atoms with Crippen molar-refractivity contribution in [1.29, 1.82) is 0 Å². The fourth-order valence-corrected chi connectivity index (χ4v) is 3.14. The van der Waals surface area contributed by atoms with Crippen LogP contribution in [0.15, 0.2) is 10.9 Å². The van der Waals surface area contributed by atoms with Gasteiger partial charge in [-0.05, 0) is 6.92 Å². The van der Waals surface area contributed by atoms with Gasteiger partial charge >= 0.3 is 0 Å². The number of aromatic nitrogens is 1. The predicted molar refractivity (Wildman–Crippen MR) is 73.2 cm³/mol. The van der Waals surface area contributed by atoms with E-state index >= 15 is 0 Å². The van der Waals surface area contributed by atoms with Gasteiger partial charge in [-0.1, -0.05) is 13.8 Å². The van der Waals surface area contributed by atoms with Crippen molar-refractivity contribution in [2.24, 2.45) is 5.41 Å². The molecule has 0 bridgehead atoms. The summed E-state index contributed by atoms with van der Waals surface area (Å²) in [4.78, 5) is 16.1. The molecule has 0 unspecified atom stereocenters. The van der Waals surface area contributed by atoms with Crippen LogP contribution in [-0.2, 0) is 4.74 Å². The molecule has 0 aromatic carbocycles. The Bertz CT molecular complexity index is 447. The molecular formula is C13H20N2O3S. The smallest absolute Gasteiger partial charge is 0.271 e. The van der Waals surface area contributed by atoms with Gasteiger partial charge in [-0.25, -0.2) is 4.98 Å². The van der Waals surface area contributed by atoms with E-state index in [9.17, 15) is 9.90 Å². The van der Waals surface area contributed by atoms with Gasteiger partial charge in [0.05, 0.1) is 23.8 Å². The van der Waals surface area contributed by atoms with Crippen LogP contribution in [0.2, 0.25) is 0 Å². The highest BCUT2D eigenvalue weighted by Crippen LogP contribution is 2.51. The lowest BCUT2D eigenvalue weighted by Crippen LogP contribution is -2.74. The average molecular weight is 284 g/mol. The fourth-order valence-electron chi connectivity index (χ4n) is 2.61. The lowest BCUT2D eigenvalue weighted by molar-refractivity contribution is -0.172. The molecule has 1 aliphatic rings. The van der Waals surface area contributed by atoms with Crippen LogP contribution in [0.5, 0.6) is 0 Å². The van der Waals surface area contributed by atoms with Crippen LogP contribution < -0.4 is 5.32 Å². The molecule has 1 aromatic rings. The Morgan fingerprint density at radius 2 is 2.42 bits per heavy atom. The number of carbonyl (C=O) groups excluding carboxylic acids is 1. The van der Waals surface area contributed by atoms with Crippen molar-refractivity contribution in [1.82, 2.24) is 10.3 Å². The molecule has 6 heteroatoms. The third kappa shape index (κ3) is 2.28. The summed E-state index contributed by atoms with van der Waals surface area (Å²) in [5.41, 5.74) is 1.08. The molecule has 2 atom stereocenters. The molecule has 1 aliphatic carbocycles. The third-order valence-electron chi connectivity index (χ3n) is 4.23. The minimum atomic E-state index is -0.631. The van der Waals surface area contributed by atoms with Crippen LogP contribution in [-0.4, -0.2) is 40.9 Å². The maximum absolute atomic E-state index is 12.1. The highest BCUT2D eigenvalue weighted by molar-refractivity contribution is 7.07. The standard InChI is InChI=1S/C13H20N2O3S/c1-4-18-10-5-13(7-16,12(10,2)3)15-11(17)9-6-19-8-14-9/h6,8,10,16H,4-5,7H2,1-3H3,(H,15,17)/t10-,13+/m0/s1. The van der Waals surface area contributed by atoms with Crippen LogP contribution in [0.1, 0.15) is 37.7 Å². The van der Waals surface area contributed by atoms with Crippen LogP contribution in [0, 0.1) is 5.41 Å². The molecule has 1 aromatic heterocycles. The zero-order valence-corrected chi connectivity index (χ0v) is 12.3. The molecule has 2 N–H and O–H groups in total. The van der Waals surface area contributed by atoms with E-state index in [4.69, 9.17) is 4.74 Å². The topological polar surface area (TPSA) is 71.5 Å². The summed E-state index contributed by atoms with van der Waals surface area (Å²) in [7, 11) is 0. The molecular weight excluding hydrogens is 264 g/mol. The number of hydrogen-bond acceptors (Lipinski definition) is 5. The number of rotatable bonds is 5. The van der Waals surface area contributed by atoms with E-state index in [-0.39, 0.29) is 24.0 Å². The Kier molecular flexibility index (Phi) is 3.94. The quantitative estimate of drug-likeness (QED) is 0.858. The zero-order chi connectivity index (χ0) is 14.1. The molecule has 1 fully saturated rings. The van der Waals surface area contributed by atoms with Crippen molar-refractivity contribution in [2.45, 2.75) is 38.8 Å². The molecule has 0 aliphatic heterocycles. The van der Waals surface area contributed by atoms with Crippen molar-refractivity contribution in [3.05, 3.63) is 16.6 Å². The molecule has 106 valence electrons. The van der Waals surface area contributed by atoms with Gasteiger partial charge in [0, 0.05) is 23.8 Å². The fraction of sp³-hybridized carbons (Fsp3) is 0.692. The van der Waals surface area contributed by atoms with Gasteiger partial charge in [0.15, 0.2) is 0 Å². The first-order chi connectivity index (χ1) is 8.97. The Hall–Kier alpha value is -0.980. The Morgan fingerprint density at radius 3 is 2.89 bits per heavy atom. The molecule has 2 rings (SSSR count). The predicted octanol–water partition coefficient (Wildman–Crippen LogP) is 1.44. The molecule has 1 saturated carbocycles. The number of ether oxygens (including phenoxy) is 1. The van der Waals surface area contributed by atoms with Crippen molar-refractivity contribution in [3.63, 3.8) is 0 Å². The molecule has 1 amide bonds. The largest absolute Gasteiger partial charge is 0.394 e. The van der Waals surface area contributed by atoms with Gasteiger partial charge < -0.3 is 15.2 Å². The number of carbonyl (C=O) groups is 1. The summed E-state index contributed by atoms with van der Waals surface area (Å²) in [5, 5.41) is 14.4. The maximum atomic E-state index is 12.1. The summed E-state index contributed by atoms with van der Waals surface area (Å²) in [5.74, 6) is -0.238. The second kappa shape index (κ2) is 5.19. The zero-order valence-electron chi connectivity index (χ0n) is 11.5. The first-order valence-electron chi connectivity index (χ1n) is 6.40. The number of nitrogens with zero attached hydrogens (tertiary/aromatic N) is 1. The number of aliphatic hydroxyl groups excluding tert-OH is 1. The van der Waals surface area contributed by atoms with E-state index in [1.165, 1.54) is 11.3 Å². The van der Waals surface area contributed by atoms with Crippen LogP contribution in [0.3, 0.4) is 0 Å². The second-order valence-electron chi connectivity index (χ2n) is 5.44. The van der Waals surface area contributed by atoms with Crippen LogP contribution >= 0.6 is 11.3 Å². The highest BCUT2D eigenvalue weighted by atomic mass is 32.1. The van der Waals surface area contributed by atoms with Crippen molar-refractivity contribution >= 4 is 17.2 Å². The van der Waals surface area contributed by atoms with E-state index in [1.807, 2.05) is 20.8 Å². The van der Waals surface area contributed by atoms with Crippen LogP contribution in [0.4, 0.5) is 0 Å². The summed E-state index contributed by atoms with van der Waals surface area (Å²) in [6, 6.07) is 0. The molecule has 1 heterocycles. The van der Waals surface area contributed by atoms with Gasteiger partial charge in [-0.3, -0.25) is 4.79 Å². The first-order valence-corrected chi connectivity index (χ1v) is 7.34. The number of nitrogens with one attached hydrogen (secondary N) is 1. The average Bonchev–Trinajstić information content (AvgIpc) is 2.90. The van der Waals surface area contributed by atoms with E-state index in [0.717, 1.165) is 0 Å². The maximum Gasteiger partial charge on any atom is 0.271 e. The lowest BCUT2D eigenvalue weighted by atomic mass is 9.54. The van der Waals surface area contributed by atoms with Gasteiger partial charge in [0.25, 0.3) is 5.91 Å². The van der Waals surface area contributed by atoms with Crippen molar-refractivity contribution in [3.8, 4) is 0 Å².